The number of aromatic nitrogens is 1. The van der Waals surface area contributed by atoms with Crippen LogP contribution in [0, 0.1) is 10.1 Å². The number of nitrogens with one attached hydrogen (secondary N) is 2. The van der Waals surface area contributed by atoms with Gasteiger partial charge < -0.3 is 4.57 Å². The van der Waals surface area contributed by atoms with Crippen molar-refractivity contribution in [1.82, 2.24) is 15.4 Å². The number of hydrogen-bond donors (Lipinski definition) is 2. The number of amides is 2. The first-order valence-electron chi connectivity index (χ1n) is 8.30. The smallest absolute Gasteiger partial charge is 0.271 e. The third-order valence-electron chi connectivity index (χ3n) is 3.84. The van der Waals surface area contributed by atoms with Crippen molar-refractivity contribution in [2.24, 2.45) is 0 Å². The highest BCUT2D eigenvalue weighted by molar-refractivity contribution is 6.00. The molecule has 0 saturated carbocycles. The van der Waals surface area contributed by atoms with Gasteiger partial charge in [0.25, 0.3) is 17.5 Å². The molecule has 0 aliphatic heterocycles. The van der Waals surface area contributed by atoms with Gasteiger partial charge in [0.05, 0.1) is 16.2 Å². The Kier molecular flexibility index (Phi) is 5.61. The lowest BCUT2D eigenvalue weighted by Crippen LogP contribution is -2.41. The number of para-hydroxylation sites is 1. The Morgan fingerprint density at radius 3 is 2.46 bits per heavy atom. The van der Waals surface area contributed by atoms with E-state index in [1.165, 1.54) is 30.4 Å². The molecule has 1 aromatic heterocycles. The van der Waals surface area contributed by atoms with Gasteiger partial charge in [-0.15, -0.1) is 0 Å². The molecule has 2 N–H and O–H groups in total. The molecule has 3 rings (SSSR count). The molecular weight excluding hydrogens is 360 g/mol. The summed E-state index contributed by atoms with van der Waals surface area (Å²) in [6.07, 6.45) is 6.22. The molecule has 0 atom stereocenters. The first-order valence-corrected chi connectivity index (χ1v) is 8.30. The molecule has 0 aliphatic carbocycles. The van der Waals surface area contributed by atoms with Gasteiger partial charge in [0.1, 0.15) is 0 Å². The molecule has 3 aromatic rings. The number of hydrazine groups is 1. The second-order valence-corrected chi connectivity index (χ2v) is 5.74. The molecule has 1 heterocycles. The van der Waals surface area contributed by atoms with Crippen molar-refractivity contribution in [3.05, 3.63) is 100 Å². The zero-order chi connectivity index (χ0) is 19.9. The van der Waals surface area contributed by atoms with E-state index in [1.807, 2.05) is 30.6 Å². The van der Waals surface area contributed by atoms with Gasteiger partial charge in [-0.1, -0.05) is 24.3 Å². The lowest BCUT2D eigenvalue weighted by molar-refractivity contribution is -0.384. The molecule has 8 heteroatoms. The van der Waals surface area contributed by atoms with Crippen molar-refractivity contribution in [3.8, 4) is 5.69 Å². The van der Waals surface area contributed by atoms with Crippen LogP contribution in [0.15, 0.2) is 79.1 Å². The standard InChI is InChI=1S/C20H16N4O4/c25-19(11-10-15-6-5-7-16(14-15)24(27)28)21-22-20(26)17-8-1-2-9-18(17)23-12-3-4-13-23/h1-14H,(H,21,25)(H,22,26)/b11-10+. The molecule has 0 fully saturated rings. The van der Waals surface area contributed by atoms with Crippen molar-refractivity contribution in [2.75, 3.05) is 0 Å². The van der Waals surface area contributed by atoms with E-state index in [4.69, 9.17) is 0 Å². The Labute approximate surface area is 160 Å². The number of non-ortho nitro benzene ring substituents is 1. The fourth-order valence-electron chi connectivity index (χ4n) is 2.53. The summed E-state index contributed by atoms with van der Waals surface area (Å²) < 4.78 is 1.79. The van der Waals surface area contributed by atoms with E-state index in [2.05, 4.69) is 10.9 Å². The maximum absolute atomic E-state index is 12.4. The number of benzene rings is 2. The number of carbonyl (C=O) groups excluding carboxylic acids is 2. The molecule has 2 aromatic carbocycles. The fourth-order valence-corrected chi connectivity index (χ4v) is 2.53. The number of nitro benzene ring substituents is 1. The molecule has 0 aliphatic rings. The minimum atomic E-state index is -0.571. The molecular formula is C20H16N4O4. The van der Waals surface area contributed by atoms with Crippen LogP contribution in [0.4, 0.5) is 5.69 Å². The van der Waals surface area contributed by atoms with Crippen molar-refractivity contribution in [1.29, 1.82) is 0 Å². The second-order valence-electron chi connectivity index (χ2n) is 5.74. The van der Waals surface area contributed by atoms with Crippen LogP contribution < -0.4 is 10.9 Å². The van der Waals surface area contributed by atoms with Gasteiger partial charge in [-0.25, -0.2) is 0 Å². The Bertz CT molecular complexity index is 1040. The van der Waals surface area contributed by atoms with Gasteiger partial charge in [0.15, 0.2) is 0 Å². The lowest BCUT2D eigenvalue weighted by atomic mass is 10.1. The Morgan fingerprint density at radius 1 is 0.964 bits per heavy atom. The highest BCUT2D eigenvalue weighted by Crippen LogP contribution is 2.15. The van der Waals surface area contributed by atoms with Crippen LogP contribution in [0.2, 0.25) is 0 Å². The summed E-state index contributed by atoms with van der Waals surface area (Å²) in [5, 5.41) is 10.8. The molecule has 28 heavy (non-hydrogen) atoms. The summed E-state index contributed by atoms with van der Waals surface area (Å²) >= 11 is 0. The number of rotatable bonds is 5. The Morgan fingerprint density at radius 2 is 1.71 bits per heavy atom. The molecule has 140 valence electrons. The van der Waals surface area contributed by atoms with Crippen LogP contribution in [-0.4, -0.2) is 21.3 Å². The largest absolute Gasteiger partial charge is 0.323 e. The quantitative estimate of drug-likeness (QED) is 0.406. The first kappa shape index (κ1) is 18.6. The SMILES string of the molecule is O=C(/C=C/c1cccc([N+](=O)[O-])c1)NNC(=O)c1ccccc1-n1cccc1. The molecule has 8 nitrogen and oxygen atoms in total. The van der Waals surface area contributed by atoms with Crippen LogP contribution in [0.1, 0.15) is 15.9 Å². The van der Waals surface area contributed by atoms with E-state index < -0.39 is 16.7 Å². The number of nitro groups is 1. The summed E-state index contributed by atoms with van der Waals surface area (Å²) in [4.78, 5) is 34.6. The van der Waals surface area contributed by atoms with Crippen LogP contribution in [0.3, 0.4) is 0 Å². The highest BCUT2D eigenvalue weighted by Gasteiger charge is 2.12. The number of nitrogens with zero attached hydrogens (tertiary/aromatic N) is 2. The summed E-state index contributed by atoms with van der Waals surface area (Å²) in [5.74, 6) is -1.04. The van der Waals surface area contributed by atoms with Crippen LogP contribution in [0.25, 0.3) is 11.8 Å². The maximum atomic E-state index is 12.4. The zero-order valence-corrected chi connectivity index (χ0v) is 14.6. The third kappa shape index (κ3) is 4.50. The van der Waals surface area contributed by atoms with E-state index in [0.717, 1.165) is 0 Å². The van der Waals surface area contributed by atoms with E-state index in [-0.39, 0.29) is 5.69 Å². The number of hydrogen-bond acceptors (Lipinski definition) is 4. The normalized spacial score (nSPS) is 10.6. The van der Waals surface area contributed by atoms with Gasteiger partial charge in [-0.3, -0.25) is 30.6 Å². The zero-order valence-electron chi connectivity index (χ0n) is 14.6. The molecule has 0 saturated heterocycles. The third-order valence-corrected chi connectivity index (χ3v) is 3.84. The fraction of sp³-hybridized carbons (Fsp3) is 0. The van der Waals surface area contributed by atoms with E-state index in [9.17, 15) is 19.7 Å². The van der Waals surface area contributed by atoms with Crippen molar-refractivity contribution >= 4 is 23.6 Å². The highest BCUT2D eigenvalue weighted by atomic mass is 16.6. The molecule has 0 spiro atoms. The van der Waals surface area contributed by atoms with E-state index in [0.29, 0.717) is 16.8 Å². The van der Waals surface area contributed by atoms with Gasteiger partial charge >= 0.3 is 0 Å². The predicted octanol–water partition coefficient (Wildman–Crippen LogP) is 2.86. The molecule has 0 radical (unpaired) electrons. The summed E-state index contributed by atoms with van der Waals surface area (Å²) in [6.45, 7) is 0. The Balaban J connectivity index is 1.63. The van der Waals surface area contributed by atoms with Gasteiger partial charge in [-0.05, 0) is 35.9 Å². The first-order chi connectivity index (χ1) is 13.5. The second kappa shape index (κ2) is 8.45. The molecule has 2 amide bonds. The molecule has 0 unspecified atom stereocenters. The van der Waals surface area contributed by atoms with Crippen molar-refractivity contribution < 1.29 is 14.5 Å². The minimum Gasteiger partial charge on any atom is -0.323 e. The van der Waals surface area contributed by atoms with Gasteiger partial charge in [-0.2, -0.15) is 0 Å². The predicted molar refractivity (Wildman–Crippen MR) is 104 cm³/mol. The summed E-state index contributed by atoms with van der Waals surface area (Å²) in [7, 11) is 0. The van der Waals surface area contributed by atoms with Gasteiger partial charge in [0, 0.05) is 30.6 Å². The van der Waals surface area contributed by atoms with Crippen LogP contribution in [0.5, 0.6) is 0 Å². The average molecular weight is 376 g/mol. The summed E-state index contributed by atoms with van der Waals surface area (Å²) in [6, 6.07) is 16.5. The van der Waals surface area contributed by atoms with E-state index in [1.54, 1.807) is 28.8 Å². The summed E-state index contributed by atoms with van der Waals surface area (Å²) in [5.41, 5.74) is 6.13. The topological polar surface area (TPSA) is 106 Å². The van der Waals surface area contributed by atoms with Gasteiger partial charge in [0.2, 0.25) is 0 Å². The van der Waals surface area contributed by atoms with Crippen molar-refractivity contribution in [2.45, 2.75) is 0 Å². The van der Waals surface area contributed by atoms with Crippen LogP contribution in [-0.2, 0) is 4.79 Å². The monoisotopic (exact) mass is 376 g/mol. The van der Waals surface area contributed by atoms with Crippen LogP contribution >= 0.6 is 0 Å². The van der Waals surface area contributed by atoms with E-state index >= 15 is 0 Å². The Hall–Kier alpha value is -4.20. The average Bonchev–Trinajstić information content (AvgIpc) is 3.25. The van der Waals surface area contributed by atoms with Crippen molar-refractivity contribution in [3.63, 3.8) is 0 Å². The lowest BCUT2D eigenvalue weighted by Gasteiger charge is -2.11. The maximum Gasteiger partial charge on any atom is 0.271 e. The number of carbonyl (C=O) groups is 2. The minimum absolute atomic E-state index is 0.0718. The molecule has 0 bridgehead atoms.